The number of ether oxygens (including phenoxy) is 1. The van der Waals surface area contributed by atoms with E-state index in [0.29, 0.717) is 22.1 Å². The van der Waals surface area contributed by atoms with E-state index in [4.69, 9.17) is 16.3 Å². The van der Waals surface area contributed by atoms with Crippen LogP contribution in [0.5, 0.6) is 5.75 Å². The third-order valence-corrected chi connectivity index (χ3v) is 8.88. The van der Waals surface area contributed by atoms with Crippen molar-refractivity contribution in [3.63, 3.8) is 0 Å². The number of hydrogen-bond donors (Lipinski definition) is 2. The summed E-state index contributed by atoms with van der Waals surface area (Å²) in [7, 11) is 1.54. The molecule has 5 rings (SSSR count). The van der Waals surface area contributed by atoms with E-state index < -0.39 is 0 Å². The van der Waals surface area contributed by atoms with Crippen molar-refractivity contribution in [1.29, 1.82) is 0 Å². The molecular formula is C29H26ClN3O3S2. The number of carbonyl (C=O) groups is 2. The standard InChI is InChI=1S/C29H26ClN3O3S2/c1-18-14-22(25(36-2)16-21(18)30)32-28(34)17-37-20-9-7-8-19(15-20)31-29(35)33-23-10-3-5-12-26(23)38-27-13-6-4-11-24(27)33/h3-16,23,26H,17H2,1-2H3,(H,31,35)(H,32,34). The van der Waals surface area contributed by atoms with E-state index in [1.165, 1.54) is 18.9 Å². The quantitative estimate of drug-likeness (QED) is 0.306. The average Bonchev–Trinajstić information content (AvgIpc) is 2.92. The van der Waals surface area contributed by atoms with Crippen molar-refractivity contribution in [2.75, 3.05) is 28.4 Å². The molecule has 0 bridgehead atoms. The molecule has 0 saturated heterocycles. The van der Waals surface area contributed by atoms with Crippen molar-refractivity contribution in [3.05, 3.63) is 95.6 Å². The lowest BCUT2D eigenvalue weighted by Crippen LogP contribution is -2.49. The van der Waals surface area contributed by atoms with Gasteiger partial charge >= 0.3 is 6.03 Å². The van der Waals surface area contributed by atoms with Gasteiger partial charge in [-0.1, -0.05) is 54.1 Å². The number of hydrogen-bond acceptors (Lipinski definition) is 5. The van der Waals surface area contributed by atoms with Crippen LogP contribution in [0.3, 0.4) is 0 Å². The number of aryl methyl sites for hydroxylation is 1. The maximum atomic E-state index is 13.5. The molecular weight excluding hydrogens is 538 g/mol. The van der Waals surface area contributed by atoms with Crippen molar-refractivity contribution < 1.29 is 14.3 Å². The molecule has 0 saturated carbocycles. The zero-order valence-electron chi connectivity index (χ0n) is 20.8. The molecule has 6 nitrogen and oxygen atoms in total. The van der Waals surface area contributed by atoms with Gasteiger partial charge in [0.2, 0.25) is 5.91 Å². The van der Waals surface area contributed by atoms with Crippen LogP contribution in [0, 0.1) is 6.92 Å². The highest BCUT2D eigenvalue weighted by atomic mass is 35.5. The SMILES string of the molecule is COc1cc(Cl)c(C)cc1NC(=O)CSc1cccc(NC(=O)N2c3ccccc3SC3C=CC=CC32)c1. The smallest absolute Gasteiger partial charge is 0.326 e. The highest BCUT2D eigenvalue weighted by Gasteiger charge is 2.36. The third kappa shape index (κ3) is 5.72. The largest absolute Gasteiger partial charge is 0.495 e. The Morgan fingerprint density at radius 3 is 2.71 bits per heavy atom. The van der Waals surface area contributed by atoms with Crippen LogP contribution in [0.1, 0.15) is 5.56 Å². The number of halogens is 1. The first-order valence-corrected chi connectivity index (χ1v) is 14.2. The van der Waals surface area contributed by atoms with Crippen LogP contribution in [0.2, 0.25) is 5.02 Å². The Morgan fingerprint density at radius 1 is 1.05 bits per heavy atom. The van der Waals surface area contributed by atoms with Crippen LogP contribution >= 0.6 is 35.1 Å². The molecule has 2 aliphatic rings. The number of anilines is 3. The zero-order valence-corrected chi connectivity index (χ0v) is 23.2. The van der Waals surface area contributed by atoms with Gasteiger partial charge in [-0.25, -0.2) is 4.79 Å². The fraction of sp³-hybridized carbons (Fsp3) is 0.172. The molecule has 2 unspecified atom stereocenters. The normalized spacial score (nSPS) is 17.4. The number of carbonyl (C=O) groups excluding carboxylic acids is 2. The van der Waals surface area contributed by atoms with Crippen LogP contribution in [0.4, 0.5) is 21.9 Å². The summed E-state index contributed by atoms with van der Waals surface area (Å²) in [5, 5.41) is 6.68. The molecule has 3 amide bonds. The number of fused-ring (bicyclic) bond motifs is 2. The fourth-order valence-electron chi connectivity index (χ4n) is 4.34. The van der Waals surface area contributed by atoms with Crippen LogP contribution in [0.15, 0.2) is 94.8 Å². The van der Waals surface area contributed by atoms with Gasteiger partial charge in [-0.05, 0) is 48.9 Å². The summed E-state index contributed by atoms with van der Waals surface area (Å²) < 4.78 is 5.34. The molecule has 0 fully saturated rings. The summed E-state index contributed by atoms with van der Waals surface area (Å²) in [4.78, 5) is 30.0. The second-order valence-electron chi connectivity index (χ2n) is 8.78. The number of nitrogens with zero attached hydrogens (tertiary/aromatic N) is 1. The van der Waals surface area contributed by atoms with Gasteiger partial charge in [0.05, 0.1) is 35.5 Å². The van der Waals surface area contributed by atoms with E-state index >= 15 is 0 Å². The summed E-state index contributed by atoms with van der Waals surface area (Å²) in [6, 6.07) is 18.7. The Balaban J connectivity index is 1.25. The molecule has 3 aromatic rings. The Kier molecular flexibility index (Phi) is 8.02. The number of allylic oxidation sites excluding steroid dienone is 2. The van der Waals surface area contributed by atoms with E-state index in [-0.39, 0.29) is 29.0 Å². The second-order valence-corrected chi connectivity index (χ2v) is 11.5. The average molecular weight is 564 g/mol. The predicted molar refractivity (Wildman–Crippen MR) is 158 cm³/mol. The lowest BCUT2D eigenvalue weighted by atomic mass is 10.1. The predicted octanol–water partition coefficient (Wildman–Crippen LogP) is 7.40. The van der Waals surface area contributed by atoms with E-state index in [1.807, 2.05) is 72.5 Å². The van der Waals surface area contributed by atoms with Gasteiger partial charge in [-0.3, -0.25) is 9.69 Å². The van der Waals surface area contributed by atoms with E-state index in [1.54, 1.807) is 23.9 Å². The Morgan fingerprint density at radius 2 is 1.87 bits per heavy atom. The van der Waals surface area contributed by atoms with Gasteiger partial charge in [0, 0.05) is 26.6 Å². The number of nitrogens with one attached hydrogen (secondary N) is 2. The molecule has 1 heterocycles. The number of para-hydroxylation sites is 1. The summed E-state index contributed by atoms with van der Waals surface area (Å²) in [5.74, 6) is 0.529. The van der Waals surface area contributed by atoms with E-state index in [0.717, 1.165) is 21.0 Å². The molecule has 194 valence electrons. The van der Waals surface area contributed by atoms with Crippen LogP contribution in [0.25, 0.3) is 0 Å². The summed E-state index contributed by atoms with van der Waals surface area (Å²) >= 11 is 9.32. The summed E-state index contributed by atoms with van der Waals surface area (Å²) in [6.07, 6.45) is 8.21. The van der Waals surface area contributed by atoms with Gasteiger partial charge in [0.25, 0.3) is 0 Å². The first-order valence-electron chi connectivity index (χ1n) is 12.0. The molecule has 3 aromatic carbocycles. The topological polar surface area (TPSA) is 70.7 Å². The van der Waals surface area contributed by atoms with Gasteiger partial charge in [0.1, 0.15) is 5.75 Å². The molecule has 1 aliphatic carbocycles. The maximum absolute atomic E-state index is 13.5. The van der Waals surface area contributed by atoms with Crippen LogP contribution in [-0.4, -0.2) is 36.1 Å². The Hall–Kier alpha value is -3.33. The molecule has 2 N–H and O–H groups in total. The van der Waals surface area contributed by atoms with Crippen LogP contribution in [-0.2, 0) is 4.79 Å². The molecule has 0 radical (unpaired) electrons. The summed E-state index contributed by atoms with van der Waals surface area (Å²) in [6.45, 7) is 1.87. The number of amides is 3. The number of benzene rings is 3. The molecule has 2 atom stereocenters. The van der Waals surface area contributed by atoms with Gasteiger partial charge in [0.15, 0.2) is 0 Å². The van der Waals surface area contributed by atoms with Gasteiger partial charge < -0.3 is 15.4 Å². The van der Waals surface area contributed by atoms with Crippen molar-refractivity contribution in [2.24, 2.45) is 0 Å². The summed E-state index contributed by atoms with van der Waals surface area (Å²) in [5.41, 5.74) is 2.98. The van der Waals surface area contributed by atoms with Crippen molar-refractivity contribution in [3.8, 4) is 5.75 Å². The fourth-order valence-corrected chi connectivity index (χ4v) is 6.50. The van der Waals surface area contributed by atoms with Crippen molar-refractivity contribution in [1.82, 2.24) is 0 Å². The molecule has 0 aromatic heterocycles. The van der Waals surface area contributed by atoms with Crippen molar-refractivity contribution >= 4 is 64.1 Å². The van der Waals surface area contributed by atoms with Gasteiger partial charge in [-0.15, -0.1) is 23.5 Å². The monoisotopic (exact) mass is 563 g/mol. The highest BCUT2D eigenvalue weighted by Crippen LogP contribution is 2.43. The van der Waals surface area contributed by atoms with Gasteiger partial charge in [-0.2, -0.15) is 0 Å². The van der Waals surface area contributed by atoms with E-state index in [2.05, 4.69) is 22.8 Å². The minimum absolute atomic E-state index is 0.0744. The molecule has 0 spiro atoms. The molecule has 38 heavy (non-hydrogen) atoms. The zero-order chi connectivity index (χ0) is 26.6. The Bertz CT molecular complexity index is 1440. The maximum Gasteiger partial charge on any atom is 0.326 e. The van der Waals surface area contributed by atoms with Crippen molar-refractivity contribution in [2.45, 2.75) is 28.0 Å². The number of urea groups is 1. The number of methoxy groups -OCH3 is 1. The van der Waals surface area contributed by atoms with E-state index in [9.17, 15) is 9.59 Å². The van der Waals surface area contributed by atoms with Crippen LogP contribution < -0.4 is 20.3 Å². The lowest BCUT2D eigenvalue weighted by Gasteiger charge is -2.40. The molecule has 9 heteroatoms. The number of rotatable bonds is 6. The highest BCUT2D eigenvalue weighted by molar-refractivity contribution is 8.00. The Labute approximate surface area is 235 Å². The minimum atomic E-state index is -0.196. The third-order valence-electron chi connectivity index (χ3n) is 6.17. The minimum Gasteiger partial charge on any atom is -0.495 e. The first-order chi connectivity index (χ1) is 18.4. The number of thioether (sulfide) groups is 2. The molecule has 1 aliphatic heterocycles. The first kappa shape index (κ1) is 26.3. The second kappa shape index (κ2) is 11.6. The lowest BCUT2D eigenvalue weighted by molar-refractivity contribution is -0.113.